The summed E-state index contributed by atoms with van der Waals surface area (Å²) >= 11 is 0. The Labute approximate surface area is 156 Å². The van der Waals surface area contributed by atoms with E-state index in [9.17, 15) is 4.79 Å². The van der Waals surface area contributed by atoms with Gasteiger partial charge in [-0.1, -0.05) is 32.9 Å². The normalized spacial score (nSPS) is 16.2. The summed E-state index contributed by atoms with van der Waals surface area (Å²) in [6, 6.07) is 12.1. The maximum absolute atomic E-state index is 13.1. The van der Waals surface area contributed by atoms with E-state index in [0.29, 0.717) is 11.7 Å². The predicted molar refractivity (Wildman–Crippen MR) is 106 cm³/mol. The lowest BCUT2D eigenvalue weighted by molar-refractivity contribution is 0.0930. The van der Waals surface area contributed by atoms with Gasteiger partial charge in [0.05, 0.1) is 6.26 Å². The van der Waals surface area contributed by atoms with Crippen molar-refractivity contribution < 1.29 is 9.21 Å². The predicted octanol–water partition coefficient (Wildman–Crippen LogP) is 4.61. The highest BCUT2D eigenvalue weighted by Crippen LogP contribution is 2.27. The molecule has 4 nitrogen and oxygen atoms in total. The van der Waals surface area contributed by atoms with Crippen LogP contribution in [0.15, 0.2) is 47.1 Å². The number of nitrogens with zero attached hydrogens (tertiary/aromatic N) is 2. The summed E-state index contributed by atoms with van der Waals surface area (Å²) in [5.74, 6) is 1.05. The fraction of sp³-hybridized carbons (Fsp3) is 0.500. The van der Waals surface area contributed by atoms with E-state index in [1.165, 1.54) is 5.56 Å². The smallest absolute Gasteiger partial charge is 0.294 e. The van der Waals surface area contributed by atoms with Gasteiger partial charge in [-0.2, -0.15) is 0 Å². The fourth-order valence-electron chi connectivity index (χ4n) is 3.78. The molecule has 0 aliphatic carbocycles. The molecule has 140 valence electrons. The zero-order chi connectivity index (χ0) is 18.5. The highest BCUT2D eigenvalue weighted by atomic mass is 16.3. The van der Waals surface area contributed by atoms with Crippen LogP contribution in [0.5, 0.6) is 0 Å². The molecule has 1 aromatic heterocycles. The molecular weight excluding hydrogens is 324 g/mol. The molecule has 4 heteroatoms. The number of likely N-dealkylation sites (tertiary alicyclic amines) is 1. The van der Waals surface area contributed by atoms with Gasteiger partial charge >= 0.3 is 0 Å². The first-order chi connectivity index (χ1) is 12.6. The van der Waals surface area contributed by atoms with Gasteiger partial charge in [0.25, 0.3) is 5.91 Å². The summed E-state index contributed by atoms with van der Waals surface area (Å²) in [6.07, 6.45) is 4.56. The van der Waals surface area contributed by atoms with Gasteiger partial charge in [-0.25, -0.2) is 0 Å². The Morgan fingerprint density at radius 2 is 1.88 bits per heavy atom. The zero-order valence-electron chi connectivity index (χ0n) is 16.1. The van der Waals surface area contributed by atoms with Crippen LogP contribution in [0, 0.1) is 5.92 Å². The molecule has 1 saturated heterocycles. The second kappa shape index (κ2) is 8.54. The lowest BCUT2D eigenvalue weighted by atomic mass is 10.00. The molecule has 1 aromatic carbocycles. The lowest BCUT2D eigenvalue weighted by Crippen LogP contribution is -2.48. The average molecular weight is 354 g/mol. The molecule has 1 aliphatic rings. The van der Waals surface area contributed by atoms with E-state index in [0.717, 1.165) is 44.6 Å². The number of furan rings is 1. The number of piperidine rings is 1. The Balaban J connectivity index is 1.80. The number of rotatable bonds is 6. The quantitative estimate of drug-likeness (QED) is 0.760. The lowest BCUT2D eigenvalue weighted by Gasteiger charge is -2.38. The number of benzene rings is 1. The van der Waals surface area contributed by atoms with Crippen molar-refractivity contribution in [2.24, 2.45) is 5.92 Å². The van der Waals surface area contributed by atoms with Crippen molar-refractivity contribution in [3.63, 3.8) is 0 Å². The third-order valence-corrected chi connectivity index (χ3v) is 5.12. The van der Waals surface area contributed by atoms with Crippen LogP contribution >= 0.6 is 0 Å². The topological polar surface area (TPSA) is 36.7 Å². The molecule has 0 bridgehead atoms. The molecule has 0 spiro atoms. The van der Waals surface area contributed by atoms with Crippen LogP contribution in [0.4, 0.5) is 5.69 Å². The third kappa shape index (κ3) is 4.36. The number of hydrogen-bond acceptors (Lipinski definition) is 3. The Morgan fingerprint density at radius 3 is 2.42 bits per heavy atom. The third-order valence-electron chi connectivity index (χ3n) is 5.12. The van der Waals surface area contributed by atoms with Crippen LogP contribution in [0.1, 0.15) is 49.7 Å². The number of anilines is 1. The Hall–Kier alpha value is -2.07. The molecule has 1 fully saturated rings. The number of carbonyl (C=O) groups excluding carboxylic acids is 1. The van der Waals surface area contributed by atoms with Gasteiger partial charge in [0, 0.05) is 31.4 Å². The van der Waals surface area contributed by atoms with Gasteiger partial charge in [0.15, 0.2) is 5.76 Å². The van der Waals surface area contributed by atoms with Crippen LogP contribution in [0.25, 0.3) is 0 Å². The van der Waals surface area contributed by atoms with Crippen molar-refractivity contribution in [1.82, 2.24) is 4.90 Å². The summed E-state index contributed by atoms with van der Waals surface area (Å²) in [5.41, 5.74) is 2.25. The molecule has 0 radical (unpaired) electrons. The van der Waals surface area contributed by atoms with Crippen molar-refractivity contribution in [1.29, 1.82) is 0 Å². The van der Waals surface area contributed by atoms with Gasteiger partial charge in [0.1, 0.15) is 0 Å². The van der Waals surface area contributed by atoms with Crippen molar-refractivity contribution in [3.8, 4) is 0 Å². The molecule has 2 heterocycles. The van der Waals surface area contributed by atoms with Crippen molar-refractivity contribution >= 4 is 11.6 Å². The van der Waals surface area contributed by atoms with Crippen LogP contribution in [0.3, 0.4) is 0 Å². The molecular formula is C22H30N2O2. The maximum atomic E-state index is 13.1. The summed E-state index contributed by atoms with van der Waals surface area (Å²) in [6.45, 7) is 9.87. The average Bonchev–Trinajstić information content (AvgIpc) is 3.18. The van der Waals surface area contributed by atoms with Crippen LogP contribution < -0.4 is 4.90 Å². The minimum Gasteiger partial charge on any atom is -0.459 e. The summed E-state index contributed by atoms with van der Waals surface area (Å²) < 4.78 is 5.41. The standard InChI is InChI=1S/C22H30N2O2/c1-4-18-7-9-19(10-8-18)24(22(25)21-6-5-15-26-21)20-11-13-23(14-12-20)16-17(2)3/h5-10,15,17,20H,4,11-14,16H2,1-3H3. The van der Waals surface area contributed by atoms with Gasteiger partial charge < -0.3 is 14.2 Å². The van der Waals surface area contributed by atoms with E-state index in [1.807, 2.05) is 4.90 Å². The first-order valence-electron chi connectivity index (χ1n) is 9.76. The molecule has 1 aliphatic heterocycles. The molecule has 0 atom stereocenters. The number of aryl methyl sites for hydroxylation is 1. The zero-order valence-corrected chi connectivity index (χ0v) is 16.1. The molecule has 0 N–H and O–H groups in total. The first-order valence-corrected chi connectivity index (χ1v) is 9.76. The van der Waals surface area contributed by atoms with E-state index in [1.54, 1.807) is 18.4 Å². The van der Waals surface area contributed by atoms with E-state index in [-0.39, 0.29) is 11.9 Å². The minimum atomic E-state index is -0.0402. The summed E-state index contributed by atoms with van der Waals surface area (Å²) in [7, 11) is 0. The Bertz CT molecular complexity index is 683. The molecule has 1 amide bonds. The van der Waals surface area contributed by atoms with Crippen molar-refractivity contribution in [2.45, 2.75) is 46.1 Å². The van der Waals surface area contributed by atoms with E-state index < -0.39 is 0 Å². The highest BCUT2D eigenvalue weighted by molar-refractivity contribution is 6.04. The van der Waals surface area contributed by atoms with Crippen molar-refractivity contribution in [2.75, 3.05) is 24.5 Å². The summed E-state index contributed by atoms with van der Waals surface area (Å²) in [5, 5.41) is 0. The van der Waals surface area contributed by atoms with Gasteiger partial charge in [-0.05, 0) is 55.0 Å². The molecule has 2 aromatic rings. The molecule has 26 heavy (non-hydrogen) atoms. The Morgan fingerprint density at radius 1 is 1.19 bits per heavy atom. The minimum absolute atomic E-state index is 0.0402. The fourth-order valence-corrected chi connectivity index (χ4v) is 3.78. The maximum Gasteiger partial charge on any atom is 0.294 e. The molecule has 0 saturated carbocycles. The molecule has 0 unspecified atom stereocenters. The van der Waals surface area contributed by atoms with Gasteiger partial charge in [0.2, 0.25) is 0 Å². The second-order valence-corrected chi connectivity index (χ2v) is 7.60. The van der Waals surface area contributed by atoms with Crippen LogP contribution in [-0.2, 0) is 6.42 Å². The largest absolute Gasteiger partial charge is 0.459 e. The van der Waals surface area contributed by atoms with Gasteiger partial charge in [-0.3, -0.25) is 4.79 Å². The summed E-state index contributed by atoms with van der Waals surface area (Å²) in [4.78, 5) is 17.6. The number of hydrogen-bond donors (Lipinski definition) is 0. The Kier molecular flexibility index (Phi) is 6.15. The van der Waals surface area contributed by atoms with Crippen molar-refractivity contribution in [3.05, 3.63) is 54.0 Å². The monoisotopic (exact) mass is 354 g/mol. The van der Waals surface area contributed by atoms with Gasteiger partial charge in [-0.15, -0.1) is 0 Å². The number of amides is 1. The van der Waals surface area contributed by atoms with E-state index in [2.05, 4.69) is 49.9 Å². The second-order valence-electron chi connectivity index (χ2n) is 7.60. The van der Waals surface area contributed by atoms with E-state index in [4.69, 9.17) is 4.42 Å². The highest BCUT2D eigenvalue weighted by Gasteiger charge is 2.31. The SMILES string of the molecule is CCc1ccc(N(C(=O)c2ccco2)C2CCN(CC(C)C)CC2)cc1. The number of carbonyl (C=O) groups is 1. The van der Waals surface area contributed by atoms with Crippen LogP contribution in [0.2, 0.25) is 0 Å². The first kappa shape index (κ1) is 18.7. The van der Waals surface area contributed by atoms with E-state index >= 15 is 0 Å². The molecule has 3 rings (SSSR count). The van der Waals surface area contributed by atoms with Crippen LogP contribution in [-0.4, -0.2) is 36.5 Å².